The second-order valence-electron chi connectivity index (χ2n) is 12.1. The lowest BCUT2D eigenvalue weighted by atomic mass is 9.86. The van der Waals surface area contributed by atoms with Gasteiger partial charge in [0, 0.05) is 31.1 Å². The van der Waals surface area contributed by atoms with Gasteiger partial charge in [-0.05, 0) is 69.7 Å². The molecule has 5 heterocycles. The molecule has 3 aliphatic heterocycles. The van der Waals surface area contributed by atoms with Crippen LogP contribution in [0, 0.1) is 6.92 Å². The number of fused-ring (bicyclic) bond motifs is 1. The van der Waals surface area contributed by atoms with Crippen LogP contribution in [0.4, 0.5) is 10.6 Å². The Hall–Kier alpha value is -3.44. The largest absolute Gasteiger partial charge is 0.467 e. The quantitative estimate of drug-likeness (QED) is 0.479. The summed E-state index contributed by atoms with van der Waals surface area (Å²) in [7, 11) is 1.58. The number of benzene rings is 1. The van der Waals surface area contributed by atoms with Crippen LogP contribution in [0.25, 0.3) is 16.7 Å². The number of carbonyl (C=O) groups is 1. The van der Waals surface area contributed by atoms with Crippen LogP contribution in [-0.4, -0.2) is 95.1 Å². The van der Waals surface area contributed by atoms with E-state index in [1.165, 1.54) is 11.1 Å². The Balaban J connectivity index is 1.27. The molecule has 0 radical (unpaired) electrons. The fourth-order valence-corrected chi connectivity index (χ4v) is 5.83. The van der Waals surface area contributed by atoms with Gasteiger partial charge in [-0.25, -0.2) is 9.48 Å². The van der Waals surface area contributed by atoms with E-state index in [1.54, 1.807) is 7.11 Å². The molecule has 40 heavy (non-hydrogen) atoms. The van der Waals surface area contributed by atoms with Crippen LogP contribution in [0.1, 0.15) is 50.7 Å². The van der Waals surface area contributed by atoms with E-state index < -0.39 is 5.60 Å². The number of rotatable bonds is 4. The van der Waals surface area contributed by atoms with Crippen LogP contribution < -0.4 is 9.64 Å². The van der Waals surface area contributed by atoms with E-state index in [0.29, 0.717) is 57.2 Å². The first-order valence-electron chi connectivity index (χ1n) is 14.0. The van der Waals surface area contributed by atoms with Crippen molar-refractivity contribution in [3.8, 4) is 11.8 Å². The van der Waals surface area contributed by atoms with Crippen LogP contribution in [-0.2, 0) is 14.2 Å². The Bertz CT molecular complexity index is 1400. The molecule has 2 aromatic heterocycles. The van der Waals surface area contributed by atoms with Crippen molar-refractivity contribution in [2.24, 2.45) is 0 Å². The first-order valence-corrected chi connectivity index (χ1v) is 14.0. The number of piperidine rings is 1. The number of aryl methyl sites for hydroxylation is 1. The summed E-state index contributed by atoms with van der Waals surface area (Å²) in [6, 6.07) is 6.68. The van der Waals surface area contributed by atoms with E-state index in [4.69, 9.17) is 24.0 Å². The van der Waals surface area contributed by atoms with Crippen molar-refractivity contribution in [3.05, 3.63) is 35.5 Å². The standard InChI is InChI=1S/C29H38N6O5/c1-19-12-21-15-30-35(23(21)13-22(19)20-6-8-33(9-7-20)27(36)40-28(2,3)4)25-14-24(31-26(32-25)37-5)34-10-11-39-29(16-34)17-38-18-29/h12-15,20H,6-11,16-18H2,1-5H3. The Morgan fingerprint density at radius 1 is 1.07 bits per heavy atom. The summed E-state index contributed by atoms with van der Waals surface area (Å²) in [6.07, 6.45) is 3.41. The van der Waals surface area contributed by atoms with Gasteiger partial charge in [0.25, 0.3) is 0 Å². The fraction of sp³-hybridized carbons (Fsp3) is 0.586. The summed E-state index contributed by atoms with van der Waals surface area (Å²) in [5.74, 6) is 1.77. The molecule has 11 nitrogen and oxygen atoms in total. The van der Waals surface area contributed by atoms with Crippen molar-refractivity contribution < 1.29 is 23.7 Å². The first kappa shape index (κ1) is 26.8. The molecule has 0 unspecified atom stereocenters. The summed E-state index contributed by atoms with van der Waals surface area (Å²) in [4.78, 5) is 25.9. The minimum absolute atomic E-state index is 0.235. The van der Waals surface area contributed by atoms with Gasteiger partial charge in [0.1, 0.15) is 17.0 Å². The van der Waals surface area contributed by atoms with Gasteiger partial charge in [0.05, 0.1) is 45.2 Å². The number of aromatic nitrogens is 4. The Labute approximate surface area is 234 Å². The molecule has 3 aromatic rings. The van der Waals surface area contributed by atoms with Crippen molar-refractivity contribution >= 4 is 22.8 Å². The highest BCUT2D eigenvalue weighted by molar-refractivity contribution is 5.82. The van der Waals surface area contributed by atoms with Gasteiger partial charge in [-0.2, -0.15) is 15.1 Å². The monoisotopic (exact) mass is 550 g/mol. The number of likely N-dealkylation sites (tertiary alicyclic amines) is 1. The molecule has 3 saturated heterocycles. The number of hydrogen-bond donors (Lipinski definition) is 0. The van der Waals surface area contributed by atoms with Gasteiger partial charge in [-0.1, -0.05) is 0 Å². The zero-order valence-electron chi connectivity index (χ0n) is 24.0. The second-order valence-corrected chi connectivity index (χ2v) is 12.1. The third-order valence-corrected chi connectivity index (χ3v) is 7.92. The van der Waals surface area contributed by atoms with Crippen LogP contribution >= 0.6 is 0 Å². The minimum atomic E-state index is -0.494. The number of carbonyl (C=O) groups excluding carboxylic acids is 1. The lowest BCUT2D eigenvalue weighted by molar-refractivity contribution is -0.211. The van der Waals surface area contributed by atoms with Gasteiger partial charge in [0.2, 0.25) is 0 Å². The van der Waals surface area contributed by atoms with Gasteiger partial charge >= 0.3 is 12.1 Å². The highest BCUT2D eigenvalue weighted by atomic mass is 16.6. The molecule has 0 atom stereocenters. The van der Waals surface area contributed by atoms with Crippen LogP contribution in [0.2, 0.25) is 0 Å². The lowest BCUT2D eigenvalue weighted by Crippen LogP contribution is -2.63. The minimum Gasteiger partial charge on any atom is -0.467 e. The number of methoxy groups -OCH3 is 1. The second kappa shape index (κ2) is 10.2. The number of ether oxygens (including phenoxy) is 4. The molecular weight excluding hydrogens is 512 g/mol. The number of hydrogen-bond acceptors (Lipinski definition) is 9. The predicted octanol–water partition coefficient (Wildman–Crippen LogP) is 3.85. The molecule has 6 rings (SSSR count). The Kier molecular flexibility index (Phi) is 6.82. The maximum Gasteiger partial charge on any atom is 0.410 e. The lowest BCUT2D eigenvalue weighted by Gasteiger charge is -2.47. The number of amides is 1. The van der Waals surface area contributed by atoms with Crippen LogP contribution in [0.15, 0.2) is 24.4 Å². The fourth-order valence-electron chi connectivity index (χ4n) is 5.83. The van der Waals surface area contributed by atoms with Gasteiger partial charge in [-0.15, -0.1) is 0 Å². The van der Waals surface area contributed by atoms with E-state index in [2.05, 4.69) is 33.9 Å². The van der Waals surface area contributed by atoms with Crippen molar-refractivity contribution in [1.82, 2.24) is 24.6 Å². The number of morpholine rings is 1. The zero-order chi connectivity index (χ0) is 28.1. The van der Waals surface area contributed by atoms with Crippen molar-refractivity contribution in [2.45, 2.75) is 57.7 Å². The molecule has 3 fully saturated rings. The van der Waals surface area contributed by atoms with E-state index in [9.17, 15) is 4.79 Å². The summed E-state index contributed by atoms with van der Waals surface area (Å²) in [5.41, 5.74) is 2.73. The SMILES string of the molecule is COc1nc(N2CCOC3(COC3)C2)cc(-n2ncc3cc(C)c(C4CCN(C(=O)OC(C)(C)C)CC4)cc32)n1. The summed E-state index contributed by atoms with van der Waals surface area (Å²) >= 11 is 0. The number of nitrogens with zero attached hydrogens (tertiary/aromatic N) is 6. The van der Waals surface area contributed by atoms with E-state index >= 15 is 0 Å². The van der Waals surface area contributed by atoms with Crippen molar-refractivity contribution in [1.29, 1.82) is 0 Å². The van der Waals surface area contributed by atoms with E-state index in [0.717, 1.165) is 36.1 Å². The molecule has 11 heteroatoms. The molecule has 1 spiro atoms. The predicted molar refractivity (Wildman–Crippen MR) is 149 cm³/mol. The molecule has 3 aliphatic rings. The van der Waals surface area contributed by atoms with E-state index in [-0.39, 0.29) is 11.7 Å². The van der Waals surface area contributed by atoms with Crippen molar-refractivity contribution in [3.63, 3.8) is 0 Å². The third kappa shape index (κ3) is 5.19. The summed E-state index contributed by atoms with van der Waals surface area (Å²) in [6.45, 7) is 12.4. The topological polar surface area (TPSA) is 104 Å². The molecule has 0 aliphatic carbocycles. The first-order chi connectivity index (χ1) is 19.1. The molecule has 0 bridgehead atoms. The van der Waals surface area contributed by atoms with Crippen molar-refractivity contribution in [2.75, 3.05) is 58.0 Å². The molecular formula is C29H38N6O5. The Morgan fingerprint density at radius 3 is 2.50 bits per heavy atom. The van der Waals surface area contributed by atoms with E-state index in [1.807, 2.05) is 42.6 Å². The van der Waals surface area contributed by atoms with Crippen LogP contribution in [0.5, 0.6) is 6.01 Å². The molecule has 1 aromatic carbocycles. The van der Waals surface area contributed by atoms with Gasteiger partial charge in [0.15, 0.2) is 5.82 Å². The average molecular weight is 551 g/mol. The summed E-state index contributed by atoms with van der Waals surface area (Å²) in [5, 5.41) is 5.76. The maximum atomic E-state index is 12.6. The Morgan fingerprint density at radius 2 is 1.82 bits per heavy atom. The number of anilines is 1. The van der Waals surface area contributed by atoms with Crippen LogP contribution in [0.3, 0.4) is 0 Å². The van der Waals surface area contributed by atoms with Gasteiger partial charge < -0.3 is 28.7 Å². The van der Waals surface area contributed by atoms with Gasteiger partial charge in [-0.3, -0.25) is 0 Å². The molecule has 0 N–H and O–H groups in total. The average Bonchev–Trinajstić information content (AvgIpc) is 3.33. The highest BCUT2D eigenvalue weighted by Crippen LogP contribution is 2.35. The third-order valence-electron chi connectivity index (χ3n) is 7.92. The normalized spacial score (nSPS) is 19.6. The highest BCUT2D eigenvalue weighted by Gasteiger charge is 2.44. The smallest absolute Gasteiger partial charge is 0.410 e. The maximum absolute atomic E-state index is 12.6. The molecule has 1 amide bonds. The molecule has 0 saturated carbocycles. The summed E-state index contributed by atoms with van der Waals surface area (Å²) < 4.78 is 24.4. The zero-order valence-corrected chi connectivity index (χ0v) is 24.0. The molecule has 214 valence electrons.